The van der Waals surface area contributed by atoms with Gasteiger partial charge in [-0.3, -0.25) is 9.78 Å². The molecule has 1 aliphatic rings. The number of aromatic amines is 1. The molecule has 36 heavy (non-hydrogen) atoms. The van der Waals surface area contributed by atoms with E-state index in [2.05, 4.69) is 9.97 Å². The van der Waals surface area contributed by atoms with Crippen LogP contribution in [0.15, 0.2) is 53.3 Å². The Morgan fingerprint density at radius 1 is 1.06 bits per heavy atom. The van der Waals surface area contributed by atoms with Gasteiger partial charge in [0.05, 0.1) is 16.8 Å². The smallest absolute Gasteiger partial charge is 0.369 e. The Bertz CT molecular complexity index is 1380. The number of halogens is 7. The first kappa shape index (κ1) is 25.8. The van der Waals surface area contributed by atoms with Crippen LogP contribution in [0.4, 0.5) is 32.3 Å². The molecule has 1 aliphatic carbocycles. The van der Waals surface area contributed by atoms with Crippen LogP contribution in [0, 0.1) is 0 Å². The van der Waals surface area contributed by atoms with Gasteiger partial charge in [0.25, 0.3) is 5.56 Å². The Balaban J connectivity index is 1.66. The molecule has 0 amide bonds. The fourth-order valence-corrected chi connectivity index (χ4v) is 4.63. The summed E-state index contributed by atoms with van der Waals surface area (Å²) in [5, 5.41) is -0.0252. The van der Waals surface area contributed by atoms with Crippen molar-refractivity contribution in [3.8, 4) is 0 Å². The van der Waals surface area contributed by atoms with E-state index in [1.54, 1.807) is 6.08 Å². The molecule has 1 atom stereocenters. The van der Waals surface area contributed by atoms with E-state index in [0.717, 1.165) is 18.2 Å². The Hall–Kier alpha value is -3.27. The maximum absolute atomic E-state index is 13.6. The fourth-order valence-electron chi connectivity index (χ4n) is 4.46. The molecular weight excluding hydrogens is 508 g/mol. The average Bonchev–Trinajstić information content (AvgIpc) is 2.80. The number of hydrogen-bond donors (Lipinski definition) is 2. The number of nitrogen functional groups attached to an aromatic ring is 1. The first-order valence-electron chi connectivity index (χ1n) is 10.9. The number of H-pyrrole nitrogens is 1. The quantitative estimate of drug-likeness (QED) is 0.359. The highest BCUT2D eigenvalue weighted by atomic mass is 35.5. The largest absolute Gasteiger partial charge is 0.417 e. The van der Waals surface area contributed by atoms with Crippen molar-refractivity contribution in [2.24, 2.45) is 0 Å². The lowest BCUT2D eigenvalue weighted by Gasteiger charge is -2.25. The lowest BCUT2D eigenvalue weighted by Crippen LogP contribution is -2.23. The molecule has 1 aromatic heterocycles. The number of alkyl halides is 6. The lowest BCUT2D eigenvalue weighted by atomic mass is 9.82. The second-order valence-corrected chi connectivity index (χ2v) is 9.01. The molecule has 4 nitrogen and oxygen atoms in total. The van der Waals surface area contributed by atoms with Crippen molar-refractivity contribution < 1.29 is 26.3 Å². The molecule has 1 heterocycles. The van der Waals surface area contributed by atoms with E-state index in [9.17, 15) is 31.1 Å². The summed E-state index contributed by atoms with van der Waals surface area (Å²) in [6.07, 6.45) is -6.64. The number of rotatable bonds is 4. The summed E-state index contributed by atoms with van der Waals surface area (Å²) in [7, 11) is 0. The number of aromatic nitrogens is 2. The Morgan fingerprint density at radius 2 is 1.81 bits per heavy atom. The van der Waals surface area contributed by atoms with Gasteiger partial charge in [-0.05, 0) is 54.2 Å². The fraction of sp³-hybridized carbons (Fsp3) is 0.280. The van der Waals surface area contributed by atoms with Gasteiger partial charge in [0.2, 0.25) is 5.95 Å². The van der Waals surface area contributed by atoms with Crippen LogP contribution in [0.5, 0.6) is 0 Å². The molecule has 0 fully saturated rings. The van der Waals surface area contributed by atoms with Crippen LogP contribution in [0.3, 0.4) is 0 Å². The molecular formula is C25H20ClF6N3O. The molecule has 4 rings (SSSR count). The molecule has 1 unspecified atom stereocenters. The van der Waals surface area contributed by atoms with Crippen LogP contribution in [0.2, 0.25) is 5.02 Å². The number of allylic oxidation sites excluding steroid dienone is 2. The number of nitrogens with zero attached hydrogens (tertiary/aromatic N) is 1. The normalized spacial score (nSPS) is 16.6. The number of nitrogens with two attached hydrogens (primary N) is 1. The summed E-state index contributed by atoms with van der Waals surface area (Å²) in [5.41, 5.74) is 4.81. The van der Waals surface area contributed by atoms with E-state index in [1.165, 1.54) is 24.3 Å². The van der Waals surface area contributed by atoms with Crippen molar-refractivity contribution in [2.75, 3.05) is 5.73 Å². The van der Waals surface area contributed by atoms with E-state index in [4.69, 9.17) is 17.3 Å². The highest BCUT2D eigenvalue weighted by Crippen LogP contribution is 2.42. The van der Waals surface area contributed by atoms with Crippen LogP contribution in [0.1, 0.15) is 58.7 Å². The maximum Gasteiger partial charge on any atom is 0.417 e. The second kappa shape index (κ2) is 9.65. The summed E-state index contributed by atoms with van der Waals surface area (Å²) >= 11 is 5.78. The van der Waals surface area contributed by atoms with Crippen LogP contribution < -0.4 is 11.3 Å². The molecule has 0 spiro atoms. The van der Waals surface area contributed by atoms with E-state index < -0.39 is 29.0 Å². The summed E-state index contributed by atoms with van der Waals surface area (Å²) in [4.78, 5) is 19.4. The number of hydrogen-bond acceptors (Lipinski definition) is 3. The van der Waals surface area contributed by atoms with Gasteiger partial charge in [-0.2, -0.15) is 26.3 Å². The average molecular weight is 528 g/mol. The van der Waals surface area contributed by atoms with Gasteiger partial charge in [-0.1, -0.05) is 41.9 Å². The van der Waals surface area contributed by atoms with E-state index in [-0.39, 0.29) is 52.8 Å². The predicted octanol–water partition coefficient (Wildman–Crippen LogP) is 6.99. The van der Waals surface area contributed by atoms with Crippen molar-refractivity contribution in [3.63, 3.8) is 0 Å². The molecule has 3 N–H and O–H groups in total. The zero-order valence-electron chi connectivity index (χ0n) is 18.6. The molecule has 0 saturated heterocycles. The van der Waals surface area contributed by atoms with Gasteiger partial charge in [0.1, 0.15) is 0 Å². The highest BCUT2D eigenvalue weighted by molar-refractivity contribution is 6.30. The van der Waals surface area contributed by atoms with Gasteiger partial charge in [0, 0.05) is 22.9 Å². The van der Waals surface area contributed by atoms with Crippen molar-refractivity contribution in [3.05, 3.63) is 97.4 Å². The van der Waals surface area contributed by atoms with Crippen LogP contribution in [0.25, 0.3) is 5.57 Å². The number of benzene rings is 2. The maximum atomic E-state index is 13.6. The standard InChI is InChI=1S/C25H20ClF6N3O/c26-17-8-9-18(20(12-17)25(30,31)32)14-4-6-15(7-5-14)21-19(22(36)35-23(33)34-21)11-13-2-1-3-16(10-13)24(27,28)29/h1-4,8-10,12,15H,5-7,11H2,(H3,33,34,35,36). The first-order chi connectivity index (χ1) is 16.8. The summed E-state index contributed by atoms with van der Waals surface area (Å²) < 4.78 is 80.1. The first-order valence-corrected chi connectivity index (χ1v) is 11.3. The third-order valence-corrected chi connectivity index (χ3v) is 6.37. The van der Waals surface area contributed by atoms with Crippen LogP contribution in [-0.4, -0.2) is 9.97 Å². The van der Waals surface area contributed by atoms with E-state index in [1.807, 2.05) is 0 Å². The van der Waals surface area contributed by atoms with Gasteiger partial charge in [-0.25, -0.2) is 4.98 Å². The summed E-state index contributed by atoms with van der Waals surface area (Å²) in [6.45, 7) is 0. The molecule has 3 aromatic rings. The monoisotopic (exact) mass is 527 g/mol. The molecule has 0 bridgehead atoms. The Morgan fingerprint density at radius 3 is 2.44 bits per heavy atom. The van der Waals surface area contributed by atoms with Crippen molar-refractivity contribution >= 4 is 23.1 Å². The Kier molecular flexibility index (Phi) is 6.92. The predicted molar refractivity (Wildman–Crippen MR) is 125 cm³/mol. The van der Waals surface area contributed by atoms with Crippen molar-refractivity contribution in [2.45, 2.75) is 44.0 Å². The summed E-state index contributed by atoms with van der Waals surface area (Å²) in [5.74, 6) is -0.490. The molecule has 190 valence electrons. The highest BCUT2D eigenvalue weighted by Gasteiger charge is 2.35. The van der Waals surface area contributed by atoms with Crippen molar-refractivity contribution in [1.82, 2.24) is 9.97 Å². The molecule has 0 aliphatic heterocycles. The SMILES string of the molecule is Nc1nc(C2CC=C(c3ccc(Cl)cc3C(F)(F)F)CC2)c(Cc2cccc(C(F)(F)F)c2)c(=O)[nH]1. The minimum absolute atomic E-state index is 0.0252. The number of nitrogens with one attached hydrogen (secondary N) is 1. The third kappa shape index (κ3) is 5.59. The van der Waals surface area contributed by atoms with Gasteiger partial charge < -0.3 is 5.73 Å². The molecule has 0 saturated carbocycles. The molecule has 11 heteroatoms. The second-order valence-electron chi connectivity index (χ2n) is 8.58. The minimum atomic E-state index is -4.58. The lowest BCUT2D eigenvalue weighted by molar-refractivity contribution is -0.138. The van der Waals surface area contributed by atoms with Crippen molar-refractivity contribution in [1.29, 1.82) is 0 Å². The van der Waals surface area contributed by atoms with Gasteiger partial charge in [0.15, 0.2) is 0 Å². The van der Waals surface area contributed by atoms with Crippen LogP contribution in [-0.2, 0) is 18.8 Å². The van der Waals surface area contributed by atoms with Crippen LogP contribution >= 0.6 is 11.6 Å². The minimum Gasteiger partial charge on any atom is -0.369 e. The zero-order valence-corrected chi connectivity index (χ0v) is 19.4. The third-order valence-electron chi connectivity index (χ3n) is 6.13. The van der Waals surface area contributed by atoms with E-state index >= 15 is 0 Å². The van der Waals surface area contributed by atoms with Gasteiger partial charge in [-0.15, -0.1) is 0 Å². The molecule has 0 radical (unpaired) electrons. The topological polar surface area (TPSA) is 71.8 Å². The molecule has 2 aromatic carbocycles. The summed E-state index contributed by atoms with van der Waals surface area (Å²) in [6, 6.07) is 8.26. The number of anilines is 1. The zero-order chi connectivity index (χ0) is 26.3. The Labute approximate surface area is 206 Å². The van der Waals surface area contributed by atoms with Gasteiger partial charge >= 0.3 is 12.4 Å². The van der Waals surface area contributed by atoms with E-state index in [0.29, 0.717) is 17.7 Å².